The van der Waals surface area contributed by atoms with Crippen LogP contribution in [0.5, 0.6) is 0 Å². The van der Waals surface area contributed by atoms with Gasteiger partial charge in [-0.05, 0) is 18.9 Å². The molecule has 1 aliphatic rings. The third-order valence-electron chi connectivity index (χ3n) is 3.69. The summed E-state index contributed by atoms with van der Waals surface area (Å²) in [6, 6.07) is 2.42. The van der Waals surface area contributed by atoms with Crippen LogP contribution in [0.1, 0.15) is 24.3 Å². The van der Waals surface area contributed by atoms with Crippen LogP contribution in [0.3, 0.4) is 0 Å². The van der Waals surface area contributed by atoms with Crippen molar-refractivity contribution in [3.8, 4) is 11.8 Å². The number of aliphatic hydroxyl groups is 2. The highest BCUT2D eigenvalue weighted by Crippen LogP contribution is 2.66. The van der Waals surface area contributed by atoms with E-state index in [1.54, 1.807) is 0 Å². The van der Waals surface area contributed by atoms with Crippen LogP contribution >= 0.6 is 23.5 Å². The van der Waals surface area contributed by atoms with Gasteiger partial charge in [-0.3, -0.25) is 9.32 Å². The molecule has 1 aromatic rings. The molecule has 0 aromatic carbocycles. The quantitative estimate of drug-likeness (QED) is 0.170. The molecule has 1 aliphatic heterocycles. The number of H-pyrrole nitrogens is 1. The Bertz CT molecular complexity index is 1070. The first-order valence-electron chi connectivity index (χ1n) is 8.10. The zero-order chi connectivity index (χ0) is 23.6. The number of aromatic nitrogens is 1. The van der Waals surface area contributed by atoms with Crippen molar-refractivity contribution in [3.63, 3.8) is 0 Å². The highest BCUT2D eigenvalue weighted by atomic mass is 31.3. The van der Waals surface area contributed by atoms with Gasteiger partial charge in [0.2, 0.25) is 5.56 Å². The van der Waals surface area contributed by atoms with Crippen LogP contribution < -0.4 is 5.56 Å². The van der Waals surface area contributed by atoms with E-state index in [0.717, 1.165) is 6.07 Å². The van der Waals surface area contributed by atoms with Crippen LogP contribution in [0.4, 0.5) is 0 Å². The van der Waals surface area contributed by atoms with Gasteiger partial charge in [-0.25, -0.2) is 13.7 Å². The maximum atomic E-state index is 11.8. The van der Waals surface area contributed by atoms with Gasteiger partial charge in [0.05, 0.1) is 12.3 Å². The van der Waals surface area contributed by atoms with Crippen molar-refractivity contribution in [1.82, 2.24) is 4.98 Å². The Labute approximate surface area is 174 Å². The topological polar surface area (TPSA) is 242 Å². The van der Waals surface area contributed by atoms with Gasteiger partial charge in [0.1, 0.15) is 24.4 Å². The number of pyridine rings is 1. The zero-order valence-corrected chi connectivity index (χ0v) is 18.1. The first-order chi connectivity index (χ1) is 14.1. The Kier molecular flexibility index (Phi) is 8.19. The average molecular weight is 505 g/mol. The van der Waals surface area contributed by atoms with Crippen molar-refractivity contribution in [2.75, 3.05) is 6.61 Å². The minimum Gasteiger partial charge on any atom is -0.387 e. The normalized spacial score (nSPS) is 27.7. The van der Waals surface area contributed by atoms with E-state index in [1.165, 1.54) is 13.0 Å². The van der Waals surface area contributed by atoms with Crippen molar-refractivity contribution in [2.45, 2.75) is 31.3 Å². The fraction of sp³-hybridized carbons (Fsp3) is 0.462. The van der Waals surface area contributed by atoms with Crippen LogP contribution in [0.15, 0.2) is 16.9 Å². The molecule has 0 bridgehead atoms. The third-order valence-corrected chi connectivity index (χ3v) is 7.49. The van der Waals surface area contributed by atoms with Crippen LogP contribution in [-0.2, 0) is 31.6 Å². The number of rotatable bonds is 8. The summed E-state index contributed by atoms with van der Waals surface area (Å²) >= 11 is 0. The molecule has 0 spiro atoms. The molecular formula is C13H18NO14P3. The molecule has 1 saturated heterocycles. The number of aliphatic hydroxyl groups excluding tert-OH is 2. The maximum absolute atomic E-state index is 11.8. The van der Waals surface area contributed by atoms with Gasteiger partial charge >= 0.3 is 23.5 Å². The van der Waals surface area contributed by atoms with Crippen LogP contribution in [0, 0.1) is 11.8 Å². The number of hydrogen-bond donors (Lipinski definition) is 7. The summed E-state index contributed by atoms with van der Waals surface area (Å²) < 4.78 is 50.6. The molecule has 1 fully saturated rings. The first kappa shape index (κ1) is 26.1. The van der Waals surface area contributed by atoms with E-state index in [4.69, 9.17) is 19.4 Å². The summed E-state index contributed by atoms with van der Waals surface area (Å²) in [4.78, 5) is 49.5. The van der Waals surface area contributed by atoms with Gasteiger partial charge in [-0.1, -0.05) is 5.92 Å². The highest BCUT2D eigenvalue weighted by Gasteiger charge is 2.46. The highest BCUT2D eigenvalue weighted by molar-refractivity contribution is 7.66. The minimum absolute atomic E-state index is 0.0970. The second-order valence-corrected chi connectivity index (χ2v) is 10.4. The van der Waals surface area contributed by atoms with Crippen molar-refractivity contribution in [2.24, 2.45) is 0 Å². The minimum atomic E-state index is -5.71. The monoisotopic (exact) mass is 505 g/mol. The largest absolute Gasteiger partial charge is 0.490 e. The second-order valence-electron chi connectivity index (χ2n) is 5.99. The fourth-order valence-electron chi connectivity index (χ4n) is 2.57. The Hall–Kier alpha value is -1.20. The van der Waals surface area contributed by atoms with Gasteiger partial charge in [-0.15, -0.1) is 0 Å². The van der Waals surface area contributed by atoms with Crippen molar-refractivity contribution in [3.05, 3.63) is 33.7 Å². The summed E-state index contributed by atoms with van der Waals surface area (Å²) in [5, 5.41) is 20.4. The number of phosphoric ester groups is 1. The Morgan fingerprint density at radius 3 is 2.29 bits per heavy atom. The van der Waals surface area contributed by atoms with E-state index in [2.05, 4.69) is 30.0 Å². The molecule has 0 amide bonds. The zero-order valence-electron chi connectivity index (χ0n) is 15.5. The second kappa shape index (κ2) is 9.74. The van der Waals surface area contributed by atoms with E-state index in [1.807, 2.05) is 0 Å². The molecule has 0 saturated carbocycles. The van der Waals surface area contributed by atoms with Gasteiger partial charge in [-0.2, -0.15) is 8.62 Å². The molecular weight excluding hydrogens is 487 g/mol. The number of phosphoric acid groups is 3. The molecule has 15 nitrogen and oxygen atoms in total. The van der Waals surface area contributed by atoms with Crippen molar-refractivity contribution < 1.29 is 61.4 Å². The van der Waals surface area contributed by atoms with E-state index < -0.39 is 60.1 Å². The average Bonchev–Trinajstić information content (AvgIpc) is 2.86. The van der Waals surface area contributed by atoms with Gasteiger partial charge < -0.3 is 39.5 Å². The lowest BCUT2D eigenvalue weighted by molar-refractivity contribution is -0.0224. The standard InChI is InChI=1S/C13H18NO14P3/c1-2-3-8-7(4-5-10(15)14-8)13-12(17)11(16)9(26-13)6-25-30(21,22)28-31(23,24)27-29(18,19)20/h4-5,9,11-13,16-17H,6H2,1H3,(H,14,15)(H,21,22)(H,23,24)(H2,18,19,20)/t9-,11?,12+,13+/m1/s1. The summed E-state index contributed by atoms with van der Waals surface area (Å²) in [5.41, 5.74) is -0.195. The number of ether oxygens (including phenoxy) is 1. The predicted molar refractivity (Wildman–Crippen MR) is 99.1 cm³/mol. The molecule has 6 atom stereocenters. The number of aromatic amines is 1. The molecule has 3 unspecified atom stereocenters. The van der Waals surface area contributed by atoms with Crippen molar-refractivity contribution >= 4 is 23.5 Å². The third kappa shape index (κ3) is 7.42. The van der Waals surface area contributed by atoms with Gasteiger partial charge in [0.25, 0.3) is 0 Å². The van der Waals surface area contributed by atoms with E-state index >= 15 is 0 Å². The van der Waals surface area contributed by atoms with Gasteiger partial charge in [0.15, 0.2) is 0 Å². The SMILES string of the molecule is CC#Cc1[nH]c(=O)ccc1[C@@H]1O[C@H](COP(=O)(O)OP(=O)(O)OP(=O)(O)O)C(O)[C@@H]1O. The molecule has 2 heterocycles. The summed E-state index contributed by atoms with van der Waals surface area (Å²) in [6.45, 7) is 0.526. The van der Waals surface area contributed by atoms with E-state index in [-0.39, 0.29) is 11.3 Å². The van der Waals surface area contributed by atoms with E-state index in [9.17, 15) is 33.6 Å². The molecule has 7 N–H and O–H groups in total. The molecule has 31 heavy (non-hydrogen) atoms. The molecule has 2 rings (SSSR count). The van der Waals surface area contributed by atoms with E-state index in [0.29, 0.717) is 0 Å². The van der Waals surface area contributed by atoms with Crippen LogP contribution in [-0.4, -0.2) is 59.7 Å². The molecule has 18 heteroatoms. The summed E-state index contributed by atoms with van der Waals surface area (Å²) in [6.07, 6.45) is -5.96. The lowest BCUT2D eigenvalue weighted by Crippen LogP contribution is -2.33. The molecule has 0 aliphatic carbocycles. The number of hydrogen-bond acceptors (Lipinski definition) is 10. The number of nitrogens with one attached hydrogen (secondary N) is 1. The summed E-state index contributed by atoms with van der Waals surface area (Å²) in [7, 11) is -16.7. The van der Waals surface area contributed by atoms with Crippen molar-refractivity contribution in [1.29, 1.82) is 0 Å². The first-order valence-corrected chi connectivity index (χ1v) is 12.6. The molecule has 1 aromatic heterocycles. The lowest BCUT2D eigenvalue weighted by Gasteiger charge is -2.19. The maximum Gasteiger partial charge on any atom is 0.490 e. The van der Waals surface area contributed by atoms with Gasteiger partial charge in [0, 0.05) is 11.6 Å². The fourth-order valence-corrected chi connectivity index (χ4v) is 5.60. The summed E-state index contributed by atoms with van der Waals surface area (Å²) in [5.74, 6) is 5.14. The van der Waals surface area contributed by atoms with Crippen LogP contribution in [0.2, 0.25) is 0 Å². The Balaban J connectivity index is 2.12. The Morgan fingerprint density at radius 1 is 1.06 bits per heavy atom. The molecule has 174 valence electrons. The smallest absolute Gasteiger partial charge is 0.387 e. The lowest BCUT2D eigenvalue weighted by atomic mass is 10.0. The molecule has 0 radical (unpaired) electrons. The van der Waals surface area contributed by atoms with Crippen LogP contribution in [0.25, 0.3) is 0 Å². The predicted octanol–water partition coefficient (Wildman–Crippen LogP) is -0.749. The Morgan fingerprint density at radius 2 is 1.71 bits per heavy atom.